The zero-order valence-corrected chi connectivity index (χ0v) is 15.2. The Labute approximate surface area is 146 Å². The van der Waals surface area contributed by atoms with E-state index in [1.165, 1.54) is 0 Å². The Balaban J connectivity index is 1.77. The van der Waals surface area contributed by atoms with E-state index < -0.39 is 11.5 Å². The number of piperidine rings is 1. The Morgan fingerprint density at radius 2 is 1.88 bits per heavy atom. The molecule has 1 aliphatic carbocycles. The van der Waals surface area contributed by atoms with Crippen LogP contribution in [-0.4, -0.2) is 44.9 Å². The van der Waals surface area contributed by atoms with E-state index in [0.717, 1.165) is 0 Å². The number of aliphatic carboxylic acids is 1. The molecule has 136 valence electrons. The number of aryl methyl sites for hydroxylation is 1. The maximum atomic E-state index is 12.8. The number of aromatic amines is 1. The predicted octanol–water partition coefficient (Wildman–Crippen LogP) is 1.70. The highest BCUT2D eigenvalue weighted by atomic mass is 16.4. The average molecular weight is 347 g/mol. The Bertz CT molecular complexity index is 782. The molecule has 1 saturated carbocycles. The summed E-state index contributed by atoms with van der Waals surface area (Å²) in [4.78, 5) is 45.2. The van der Waals surface area contributed by atoms with Crippen LogP contribution in [0.25, 0.3) is 0 Å². The quantitative estimate of drug-likeness (QED) is 0.847. The van der Waals surface area contributed by atoms with Crippen LogP contribution in [0.1, 0.15) is 61.9 Å². The number of aromatic nitrogens is 2. The molecule has 2 heterocycles. The van der Waals surface area contributed by atoms with Gasteiger partial charge in [-0.15, -0.1) is 0 Å². The van der Waals surface area contributed by atoms with Crippen LogP contribution in [0, 0.1) is 18.3 Å². The lowest BCUT2D eigenvalue weighted by Crippen LogP contribution is -2.42. The average Bonchev–Trinajstić information content (AvgIpc) is 3.20. The van der Waals surface area contributed by atoms with Crippen LogP contribution in [0.5, 0.6) is 0 Å². The van der Waals surface area contributed by atoms with Crippen molar-refractivity contribution in [1.29, 1.82) is 0 Å². The monoisotopic (exact) mass is 347 g/mol. The Morgan fingerprint density at radius 1 is 1.28 bits per heavy atom. The highest BCUT2D eigenvalue weighted by molar-refractivity contribution is 5.95. The Hall–Kier alpha value is -2.18. The third-order valence-electron chi connectivity index (χ3n) is 5.56. The number of likely N-dealkylation sites (tertiary alicyclic amines) is 1. The fourth-order valence-corrected chi connectivity index (χ4v) is 3.76. The van der Waals surface area contributed by atoms with Gasteiger partial charge in [-0.25, -0.2) is 4.98 Å². The van der Waals surface area contributed by atoms with Crippen LogP contribution in [0.4, 0.5) is 0 Å². The highest BCUT2D eigenvalue weighted by Gasteiger charge is 2.59. The molecule has 0 radical (unpaired) electrons. The van der Waals surface area contributed by atoms with E-state index >= 15 is 0 Å². The van der Waals surface area contributed by atoms with Crippen LogP contribution in [0.3, 0.4) is 0 Å². The van der Waals surface area contributed by atoms with Gasteiger partial charge in [0.15, 0.2) is 0 Å². The maximum Gasteiger partial charge on any atom is 0.307 e. The number of amides is 1. The zero-order chi connectivity index (χ0) is 18.6. The number of hydrogen-bond donors (Lipinski definition) is 2. The number of carbonyl (C=O) groups is 2. The molecule has 1 aromatic heterocycles. The standard InChI is InChI=1S/C18H25N3O4/c1-10-12(13(22)20-16(19-10)17(2,3)4)14(23)21-7-5-18(6-8-21)9-11(18)15(24)25/h11H,5-9H2,1-4H3,(H,24,25)(H,19,20,22). The number of carbonyl (C=O) groups excluding carboxylic acids is 1. The first-order valence-corrected chi connectivity index (χ1v) is 8.69. The number of nitrogens with zero attached hydrogens (tertiary/aromatic N) is 2. The fraction of sp³-hybridized carbons (Fsp3) is 0.667. The molecule has 1 aliphatic heterocycles. The summed E-state index contributed by atoms with van der Waals surface area (Å²) >= 11 is 0. The Morgan fingerprint density at radius 3 is 2.32 bits per heavy atom. The van der Waals surface area contributed by atoms with Crippen molar-refractivity contribution in [3.05, 3.63) is 27.4 Å². The van der Waals surface area contributed by atoms with Gasteiger partial charge >= 0.3 is 5.97 Å². The van der Waals surface area contributed by atoms with E-state index in [9.17, 15) is 14.4 Å². The first-order chi connectivity index (χ1) is 11.5. The smallest absolute Gasteiger partial charge is 0.307 e. The summed E-state index contributed by atoms with van der Waals surface area (Å²) in [5, 5.41) is 9.15. The van der Waals surface area contributed by atoms with E-state index in [-0.39, 0.29) is 28.2 Å². The molecule has 7 nitrogen and oxygen atoms in total. The summed E-state index contributed by atoms with van der Waals surface area (Å²) in [7, 11) is 0. The van der Waals surface area contributed by atoms with Gasteiger partial charge in [0.05, 0.1) is 11.6 Å². The van der Waals surface area contributed by atoms with E-state index in [2.05, 4.69) is 9.97 Å². The molecule has 7 heteroatoms. The fourth-order valence-electron chi connectivity index (χ4n) is 3.76. The van der Waals surface area contributed by atoms with Crippen LogP contribution >= 0.6 is 0 Å². The van der Waals surface area contributed by atoms with Gasteiger partial charge in [0.1, 0.15) is 11.4 Å². The van der Waals surface area contributed by atoms with Gasteiger partial charge in [0, 0.05) is 18.5 Å². The number of H-pyrrole nitrogens is 1. The Kier molecular flexibility index (Phi) is 4.00. The van der Waals surface area contributed by atoms with Gasteiger partial charge < -0.3 is 15.0 Å². The summed E-state index contributed by atoms with van der Waals surface area (Å²) < 4.78 is 0. The topological polar surface area (TPSA) is 103 Å². The van der Waals surface area contributed by atoms with Crippen LogP contribution in [-0.2, 0) is 10.2 Å². The minimum atomic E-state index is -0.742. The predicted molar refractivity (Wildman–Crippen MR) is 91.6 cm³/mol. The van der Waals surface area contributed by atoms with Gasteiger partial charge in [0.25, 0.3) is 11.5 Å². The molecule has 2 aliphatic rings. The zero-order valence-electron chi connectivity index (χ0n) is 15.2. The first-order valence-electron chi connectivity index (χ1n) is 8.69. The molecule has 1 atom stereocenters. The SMILES string of the molecule is Cc1nc(C(C)(C)C)[nH]c(=O)c1C(=O)N1CCC2(CC1)CC2C(=O)O. The molecule has 1 saturated heterocycles. The van der Waals surface area contributed by atoms with Gasteiger partial charge in [-0.3, -0.25) is 14.4 Å². The van der Waals surface area contributed by atoms with Crippen molar-refractivity contribution < 1.29 is 14.7 Å². The normalized spacial score (nSPS) is 22.1. The van der Waals surface area contributed by atoms with E-state index in [1.807, 2.05) is 20.8 Å². The summed E-state index contributed by atoms with van der Waals surface area (Å²) in [6.45, 7) is 8.51. The molecule has 2 N–H and O–H groups in total. The molecule has 1 spiro atoms. The van der Waals surface area contributed by atoms with Crippen molar-refractivity contribution in [1.82, 2.24) is 14.9 Å². The molecule has 3 rings (SSSR count). The summed E-state index contributed by atoms with van der Waals surface area (Å²) in [5.74, 6) is -0.767. The number of carboxylic acid groups (broad SMARTS) is 1. The second-order valence-electron chi connectivity index (χ2n) is 8.37. The van der Waals surface area contributed by atoms with Crippen molar-refractivity contribution in [2.45, 2.75) is 52.4 Å². The molecule has 1 unspecified atom stereocenters. The van der Waals surface area contributed by atoms with Crippen molar-refractivity contribution in [2.24, 2.45) is 11.3 Å². The number of carboxylic acids is 1. The summed E-state index contributed by atoms with van der Waals surface area (Å²) in [5.41, 5.74) is -0.319. The lowest BCUT2D eigenvalue weighted by atomic mass is 9.90. The van der Waals surface area contributed by atoms with E-state index in [4.69, 9.17) is 5.11 Å². The molecule has 0 bridgehead atoms. The van der Waals surface area contributed by atoms with E-state index in [1.54, 1.807) is 11.8 Å². The summed E-state index contributed by atoms with van der Waals surface area (Å²) in [6.07, 6.45) is 2.06. The molecular weight excluding hydrogens is 322 g/mol. The van der Waals surface area contributed by atoms with E-state index in [0.29, 0.717) is 43.9 Å². The van der Waals surface area contributed by atoms with Crippen LogP contribution in [0.15, 0.2) is 4.79 Å². The van der Waals surface area contributed by atoms with Crippen LogP contribution in [0.2, 0.25) is 0 Å². The minimum absolute atomic E-state index is 0.0922. The van der Waals surface area contributed by atoms with Gasteiger partial charge in [-0.1, -0.05) is 20.8 Å². The molecular formula is C18H25N3O4. The van der Waals surface area contributed by atoms with Gasteiger partial charge in [-0.2, -0.15) is 0 Å². The maximum absolute atomic E-state index is 12.8. The molecule has 1 amide bonds. The lowest BCUT2D eigenvalue weighted by molar-refractivity contribution is -0.139. The first kappa shape index (κ1) is 17.6. The molecule has 1 aromatic rings. The number of rotatable bonds is 2. The highest BCUT2D eigenvalue weighted by Crippen LogP contribution is 2.59. The number of hydrogen-bond acceptors (Lipinski definition) is 4. The van der Waals surface area contributed by atoms with Gasteiger partial charge in [0.2, 0.25) is 0 Å². The summed E-state index contributed by atoms with van der Waals surface area (Å²) in [6, 6.07) is 0. The number of nitrogens with one attached hydrogen (secondary N) is 1. The van der Waals surface area contributed by atoms with Crippen molar-refractivity contribution in [3.63, 3.8) is 0 Å². The second-order valence-corrected chi connectivity index (χ2v) is 8.37. The second kappa shape index (κ2) is 5.68. The minimum Gasteiger partial charge on any atom is -0.481 e. The third-order valence-corrected chi connectivity index (χ3v) is 5.56. The van der Waals surface area contributed by atoms with Crippen LogP contribution < -0.4 is 5.56 Å². The lowest BCUT2D eigenvalue weighted by Gasteiger charge is -2.32. The molecule has 0 aromatic carbocycles. The third kappa shape index (κ3) is 3.07. The largest absolute Gasteiger partial charge is 0.481 e. The van der Waals surface area contributed by atoms with Crippen molar-refractivity contribution >= 4 is 11.9 Å². The van der Waals surface area contributed by atoms with Crippen molar-refractivity contribution in [2.75, 3.05) is 13.1 Å². The molecule has 2 fully saturated rings. The molecule has 25 heavy (non-hydrogen) atoms. The van der Waals surface area contributed by atoms with Gasteiger partial charge in [-0.05, 0) is 31.6 Å². The van der Waals surface area contributed by atoms with Crippen molar-refractivity contribution in [3.8, 4) is 0 Å².